The smallest absolute Gasteiger partial charge is 0.246 e. The van der Waals surface area contributed by atoms with Gasteiger partial charge in [0.2, 0.25) is 17.7 Å². The highest BCUT2D eigenvalue weighted by Gasteiger charge is 2.24. The fraction of sp³-hybridized carbons (Fsp3) is 0.211. The number of hydrogen-bond donors (Lipinski definition) is 2. The molecule has 1 atom stereocenters. The molecule has 9 heteroatoms. The van der Waals surface area contributed by atoms with Gasteiger partial charge in [-0.2, -0.15) is 0 Å². The number of carbonyl (C=O) groups is 2. The number of nitrogens with zero attached hydrogens (tertiary/aromatic N) is 1. The highest BCUT2D eigenvalue weighted by Crippen LogP contribution is 2.26. The fourth-order valence-electron chi connectivity index (χ4n) is 2.60. The van der Waals surface area contributed by atoms with E-state index in [1.807, 2.05) is 17.5 Å². The maximum atomic E-state index is 13.5. The van der Waals surface area contributed by atoms with E-state index in [0.29, 0.717) is 17.3 Å². The lowest BCUT2D eigenvalue weighted by atomic mass is 10.1. The van der Waals surface area contributed by atoms with Crippen molar-refractivity contribution in [3.05, 3.63) is 64.4 Å². The van der Waals surface area contributed by atoms with Gasteiger partial charge in [-0.15, -0.1) is 11.3 Å². The molecule has 2 N–H and O–H groups in total. The topological polar surface area (TPSA) is 84.2 Å². The first-order valence-electron chi connectivity index (χ1n) is 8.35. The van der Waals surface area contributed by atoms with Gasteiger partial charge < -0.3 is 15.1 Å². The summed E-state index contributed by atoms with van der Waals surface area (Å²) in [6.07, 6.45) is -0.127. The molecule has 0 saturated carbocycles. The minimum Gasteiger partial charge on any atom is -0.440 e. The van der Waals surface area contributed by atoms with E-state index >= 15 is 0 Å². The molecule has 0 aliphatic rings. The van der Waals surface area contributed by atoms with Crippen LogP contribution in [0.2, 0.25) is 0 Å². The highest BCUT2D eigenvalue weighted by molar-refractivity contribution is 7.13. The van der Waals surface area contributed by atoms with E-state index in [2.05, 4.69) is 15.6 Å². The van der Waals surface area contributed by atoms with Gasteiger partial charge in [-0.25, -0.2) is 13.8 Å². The molecule has 3 aromatic rings. The van der Waals surface area contributed by atoms with Crippen molar-refractivity contribution in [3.8, 4) is 10.8 Å². The Bertz CT molecular complexity index is 1000. The standard InChI is InChI=1S/C19H17F2N3O3S/c1-10-14(23-19(27-10)15-4-3-7-28-15)9-16(25)24-17(18(26)22-2)11-5-6-12(20)13(21)8-11/h3-8,17H,9H2,1-2H3,(H,22,26)(H,24,25). The average Bonchev–Trinajstić information content (AvgIpc) is 3.32. The molecule has 0 fully saturated rings. The van der Waals surface area contributed by atoms with Crippen LogP contribution in [0.15, 0.2) is 40.1 Å². The molecule has 28 heavy (non-hydrogen) atoms. The summed E-state index contributed by atoms with van der Waals surface area (Å²) in [7, 11) is 1.39. The number of carbonyl (C=O) groups excluding carboxylic acids is 2. The molecule has 0 saturated heterocycles. The molecule has 1 unspecified atom stereocenters. The summed E-state index contributed by atoms with van der Waals surface area (Å²) in [4.78, 5) is 29.8. The van der Waals surface area contributed by atoms with Crippen LogP contribution in [0.25, 0.3) is 10.8 Å². The van der Waals surface area contributed by atoms with Crippen LogP contribution < -0.4 is 10.6 Å². The number of likely N-dealkylation sites (N-methyl/N-ethyl adjacent to an activating group) is 1. The van der Waals surface area contributed by atoms with E-state index in [9.17, 15) is 18.4 Å². The first-order chi connectivity index (χ1) is 13.4. The van der Waals surface area contributed by atoms with Gasteiger partial charge in [0.1, 0.15) is 11.8 Å². The number of benzene rings is 1. The molecule has 146 valence electrons. The van der Waals surface area contributed by atoms with E-state index in [0.717, 1.165) is 17.0 Å². The van der Waals surface area contributed by atoms with E-state index < -0.39 is 29.5 Å². The Kier molecular flexibility index (Phi) is 5.84. The maximum absolute atomic E-state index is 13.5. The van der Waals surface area contributed by atoms with E-state index in [4.69, 9.17) is 4.42 Å². The summed E-state index contributed by atoms with van der Waals surface area (Å²) in [5.41, 5.74) is 0.560. The SMILES string of the molecule is CNC(=O)C(NC(=O)Cc1nc(-c2cccs2)oc1C)c1ccc(F)c(F)c1. The summed E-state index contributed by atoms with van der Waals surface area (Å²) in [6.45, 7) is 1.69. The van der Waals surface area contributed by atoms with Crippen LogP contribution in [0.3, 0.4) is 0 Å². The van der Waals surface area contributed by atoms with Crippen LogP contribution in [-0.2, 0) is 16.0 Å². The third-order valence-electron chi connectivity index (χ3n) is 4.04. The number of amides is 2. The molecular formula is C19H17F2N3O3S. The summed E-state index contributed by atoms with van der Waals surface area (Å²) in [6, 6.07) is 5.57. The lowest BCUT2D eigenvalue weighted by Crippen LogP contribution is -2.39. The summed E-state index contributed by atoms with van der Waals surface area (Å²) in [5.74, 6) is -2.30. The number of nitrogens with one attached hydrogen (secondary N) is 2. The fourth-order valence-corrected chi connectivity index (χ4v) is 3.25. The van der Waals surface area contributed by atoms with Crippen LogP contribution in [-0.4, -0.2) is 23.8 Å². The van der Waals surface area contributed by atoms with Gasteiger partial charge in [0.05, 0.1) is 17.0 Å². The molecule has 0 spiro atoms. The van der Waals surface area contributed by atoms with Crippen molar-refractivity contribution in [2.45, 2.75) is 19.4 Å². The summed E-state index contributed by atoms with van der Waals surface area (Å²) in [5, 5.41) is 6.82. The second kappa shape index (κ2) is 8.30. The minimum atomic E-state index is -1.17. The molecule has 0 bridgehead atoms. The van der Waals surface area contributed by atoms with Gasteiger partial charge in [-0.3, -0.25) is 9.59 Å². The molecule has 0 aliphatic carbocycles. The van der Waals surface area contributed by atoms with E-state index in [1.165, 1.54) is 24.5 Å². The predicted molar refractivity (Wildman–Crippen MR) is 99.6 cm³/mol. The Morgan fingerprint density at radius 2 is 2.04 bits per heavy atom. The van der Waals surface area contributed by atoms with Gasteiger partial charge in [0, 0.05) is 7.05 Å². The van der Waals surface area contributed by atoms with Crippen molar-refractivity contribution in [2.75, 3.05) is 7.05 Å². The Labute approximate surface area is 163 Å². The molecule has 1 aromatic carbocycles. The number of oxazole rings is 1. The predicted octanol–water partition coefficient (Wildman–Crippen LogP) is 3.14. The lowest BCUT2D eigenvalue weighted by Gasteiger charge is -2.17. The molecule has 6 nitrogen and oxygen atoms in total. The normalized spacial score (nSPS) is 11.9. The third kappa shape index (κ3) is 4.25. The Morgan fingerprint density at radius 3 is 2.68 bits per heavy atom. The molecule has 2 amide bonds. The Morgan fingerprint density at radius 1 is 1.25 bits per heavy atom. The van der Waals surface area contributed by atoms with E-state index in [-0.39, 0.29) is 12.0 Å². The van der Waals surface area contributed by atoms with Gasteiger partial charge in [-0.1, -0.05) is 12.1 Å². The molecule has 2 heterocycles. The van der Waals surface area contributed by atoms with Gasteiger partial charge in [0.15, 0.2) is 11.6 Å². The number of rotatable bonds is 6. The van der Waals surface area contributed by atoms with Crippen LogP contribution in [0, 0.1) is 18.6 Å². The van der Waals surface area contributed by atoms with Crippen molar-refractivity contribution in [3.63, 3.8) is 0 Å². The quantitative estimate of drug-likeness (QED) is 0.660. The largest absolute Gasteiger partial charge is 0.440 e. The lowest BCUT2D eigenvalue weighted by molar-refractivity contribution is -0.128. The number of aryl methyl sites for hydroxylation is 1. The van der Waals surface area contributed by atoms with Gasteiger partial charge >= 0.3 is 0 Å². The molecule has 0 radical (unpaired) electrons. The first-order valence-corrected chi connectivity index (χ1v) is 9.23. The molecule has 2 aromatic heterocycles. The average molecular weight is 405 g/mol. The number of aromatic nitrogens is 1. The Hall–Kier alpha value is -3.07. The maximum Gasteiger partial charge on any atom is 0.246 e. The second-order valence-corrected chi connectivity index (χ2v) is 6.91. The summed E-state index contributed by atoms with van der Waals surface area (Å²) < 4.78 is 32.3. The highest BCUT2D eigenvalue weighted by atomic mass is 32.1. The first kappa shape index (κ1) is 19.7. The van der Waals surface area contributed by atoms with Crippen LogP contribution in [0.5, 0.6) is 0 Å². The number of halogens is 2. The monoisotopic (exact) mass is 405 g/mol. The molecule has 0 aliphatic heterocycles. The molecule has 3 rings (SSSR count). The zero-order valence-corrected chi connectivity index (χ0v) is 15.9. The zero-order valence-electron chi connectivity index (χ0n) is 15.1. The van der Waals surface area contributed by atoms with Crippen molar-refractivity contribution in [1.82, 2.24) is 15.6 Å². The van der Waals surface area contributed by atoms with Crippen molar-refractivity contribution >= 4 is 23.2 Å². The number of hydrogen-bond acceptors (Lipinski definition) is 5. The van der Waals surface area contributed by atoms with Crippen LogP contribution in [0.4, 0.5) is 8.78 Å². The van der Waals surface area contributed by atoms with Crippen molar-refractivity contribution < 1.29 is 22.8 Å². The van der Waals surface area contributed by atoms with Gasteiger partial charge in [0.25, 0.3) is 0 Å². The van der Waals surface area contributed by atoms with Crippen molar-refractivity contribution in [2.24, 2.45) is 0 Å². The second-order valence-electron chi connectivity index (χ2n) is 5.96. The van der Waals surface area contributed by atoms with Gasteiger partial charge in [-0.05, 0) is 36.1 Å². The summed E-state index contributed by atoms with van der Waals surface area (Å²) >= 11 is 1.46. The Balaban J connectivity index is 1.77. The molecular weight excluding hydrogens is 388 g/mol. The van der Waals surface area contributed by atoms with Crippen LogP contribution >= 0.6 is 11.3 Å². The van der Waals surface area contributed by atoms with Crippen molar-refractivity contribution in [1.29, 1.82) is 0 Å². The number of thiophene rings is 1. The third-order valence-corrected chi connectivity index (χ3v) is 4.90. The minimum absolute atomic E-state index is 0.127. The van der Waals surface area contributed by atoms with Crippen LogP contribution in [0.1, 0.15) is 23.1 Å². The van der Waals surface area contributed by atoms with E-state index in [1.54, 1.807) is 6.92 Å². The zero-order chi connectivity index (χ0) is 20.3.